The van der Waals surface area contributed by atoms with Gasteiger partial charge < -0.3 is 4.90 Å². The molecule has 0 radical (unpaired) electrons. The van der Waals surface area contributed by atoms with E-state index in [-0.39, 0.29) is 11.8 Å². The summed E-state index contributed by atoms with van der Waals surface area (Å²) in [6, 6.07) is 26.3. The number of likely N-dealkylation sites (tertiary alicyclic amines) is 1. The van der Waals surface area contributed by atoms with Gasteiger partial charge >= 0.3 is 0 Å². The number of rotatable bonds is 6. The Bertz CT molecular complexity index is 1580. The van der Waals surface area contributed by atoms with Crippen LogP contribution in [0.4, 0.5) is 0 Å². The Kier molecular flexibility index (Phi) is 7.49. The fourth-order valence-corrected chi connectivity index (χ4v) is 7.54. The van der Waals surface area contributed by atoms with Crippen molar-refractivity contribution >= 4 is 27.5 Å². The molecule has 2 aliphatic rings. The Labute approximate surface area is 240 Å². The summed E-state index contributed by atoms with van der Waals surface area (Å²) in [4.78, 5) is 16.2. The molecule has 9 heteroatoms. The first-order valence-corrected chi connectivity index (χ1v) is 15.5. The van der Waals surface area contributed by atoms with E-state index in [2.05, 4.69) is 17.2 Å². The molecule has 0 bridgehead atoms. The molecule has 2 fully saturated rings. The van der Waals surface area contributed by atoms with Gasteiger partial charge in [-0.25, -0.2) is 13.1 Å². The lowest BCUT2D eigenvalue weighted by atomic mass is 9.91. The summed E-state index contributed by atoms with van der Waals surface area (Å²) in [6.07, 6.45) is 3.79. The minimum Gasteiger partial charge on any atom is -0.338 e. The Hall–Kier alpha value is -3.46. The number of carbonyl (C=O) groups excluding carboxylic acids is 1. The van der Waals surface area contributed by atoms with Crippen molar-refractivity contribution < 1.29 is 13.2 Å². The van der Waals surface area contributed by atoms with Gasteiger partial charge in [0.25, 0.3) is 5.91 Å². The first-order chi connectivity index (χ1) is 19.4. The monoisotopic (exact) mass is 574 g/mol. The zero-order chi connectivity index (χ0) is 27.7. The maximum atomic E-state index is 13.9. The van der Waals surface area contributed by atoms with Gasteiger partial charge in [-0.1, -0.05) is 60.1 Å². The van der Waals surface area contributed by atoms with E-state index in [9.17, 15) is 13.2 Å². The first kappa shape index (κ1) is 26.7. The zero-order valence-electron chi connectivity index (χ0n) is 22.1. The normalized spacial score (nSPS) is 18.7. The molecule has 0 spiro atoms. The number of halogens is 1. The molecule has 3 aromatic carbocycles. The van der Waals surface area contributed by atoms with Crippen LogP contribution in [0.3, 0.4) is 0 Å². The highest BCUT2D eigenvalue weighted by Gasteiger charge is 2.36. The van der Waals surface area contributed by atoms with E-state index in [1.807, 2.05) is 58.1 Å². The minimum absolute atomic E-state index is 0.0204. The van der Waals surface area contributed by atoms with Gasteiger partial charge in [0.2, 0.25) is 10.0 Å². The average molecular weight is 575 g/mol. The maximum Gasteiger partial charge on any atom is 0.257 e. The highest BCUT2D eigenvalue weighted by molar-refractivity contribution is 7.89. The van der Waals surface area contributed by atoms with Crippen molar-refractivity contribution in [2.75, 3.05) is 26.2 Å². The van der Waals surface area contributed by atoms with Crippen LogP contribution in [0, 0.1) is 0 Å². The molecular formula is C31H31ClN4O3S. The number of benzene rings is 3. The lowest BCUT2D eigenvalue weighted by molar-refractivity contribution is 0.0788. The molecule has 2 aliphatic heterocycles. The van der Waals surface area contributed by atoms with Gasteiger partial charge in [-0.2, -0.15) is 9.40 Å². The number of carbonyl (C=O) groups is 1. The van der Waals surface area contributed by atoms with Gasteiger partial charge in [-0.05, 0) is 61.2 Å². The van der Waals surface area contributed by atoms with E-state index < -0.39 is 10.0 Å². The SMILES string of the molecule is O=C(c1cnn(-c2ccc(Cl)cc2)c1C1CCN(S(=O)(=O)c2ccccc2)CC1)N1CC[C@H](c2ccccc2)C1. The molecule has 1 atom stereocenters. The Balaban J connectivity index is 1.28. The van der Waals surface area contributed by atoms with Crippen LogP contribution in [0.1, 0.15) is 52.7 Å². The lowest BCUT2D eigenvalue weighted by Crippen LogP contribution is -2.38. The van der Waals surface area contributed by atoms with Crippen molar-refractivity contribution in [3.8, 4) is 5.69 Å². The molecule has 0 unspecified atom stereocenters. The third kappa shape index (κ3) is 5.19. The average Bonchev–Trinajstić information content (AvgIpc) is 3.67. The number of sulfonamides is 1. The second-order valence-corrected chi connectivity index (χ2v) is 12.8. The molecular weight excluding hydrogens is 544 g/mol. The smallest absolute Gasteiger partial charge is 0.257 e. The highest BCUT2D eigenvalue weighted by atomic mass is 35.5. The second kappa shape index (κ2) is 11.2. The topological polar surface area (TPSA) is 75.5 Å². The number of hydrogen-bond donors (Lipinski definition) is 0. The summed E-state index contributed by atoms with van der Waals surface area (Å²) in [6.45, 7) is 2.11. The standard InChI is InChI=1S/C31H31ClN4O3S/c32-26-11-13-27(14-12-26)36-30(24-16-19-35(20-17-24)40(38,39)28-9-5-2-6-10-28)29(21-33-36)31(37)34-18-15-25(22-34)23-7-3-1-4-8-23/h1-14,21,24-25H,15-20,22H2/t25-/m0/s1. The van der Waals surface area contributed by atoms with Crippen molar-refractivity contribution in [1.82, 2.24) is 19.0 Å². The molecule has 6 rings (SSSR count). The summed E-state index contributed by atoms with van der Waals surface area (Å²) in [5.41, 5.74) is 3.50. The fraction of sp³-hybridized carbons (Fsp3) is 0.290. The number of nitrogens with zero attached hydrogens (tertiary/aromatic N) is 4. The third-order valence-electron chi connectivity index (χ3n) is 8.08. The van der Waals surface area contributed by atoms with E-state index in [4.69, 9.17) is 11.6 Å². The van der Waals surface area contributed by atoms with Gasteiger partial charge in [0.1, 0.15) is 0 Å². The number of piperidine rings is 1. The van der Waals surface area contributed by atoms with Crippen LogP contribution in [0.15, 0.2) is 96.0 Å². The number of aromatic nitrogens is 2. The van der Waals surface area contributed by atoms with Crippen LogP contribution in [0.2, 0.25) is 5.02 Å². The van der Waals surface area contributed by atoms with Crippen LogP contribution >= 0.6 is 11.6 Å². The van der Waals surface area contributed by atoms with Crippen molar-refractivity contribution in [1.29, 1.82) is 0 Å². The molecule has 7 nitrogen and oxygen atoms in total. The summed E-state index contributed by atoms with van der Waals surface area (Å²) < 4.78 is 29.8. The predicted octanol–water partition coefficient (Wildman–Crippen LogP) is 5.72. The molecule has 4 aromatic rings. The Morgan fingerprint density at radius 2 is 1.43 bits per heavy atom. The van der Waals surface area contributed by atoms with E-state index in [0.717, 1.165) is 17.8 Å². The van der Waals surface area contributed by atoms with Crippen LogP contribution < -0.4 is 0 Å². The minimum atomic E-state index is -3.57. The van der Waals surface area contributed by atoms with Crippen LogP contribution in [-0.4, -0.2) is 59.5 Å². The van der Waals surface area contributed by atoms with Crippen molar-refractivity contribution in [2.24, 2.45) is 0 Å². The first-order valence-electron chi connectivity index (χ1n) is 13.6. The molecule has 0 saturated carbocycles. The van der Waals surface area contributed by atoms with Crippen molar-refractivity contribution in [2.45, 2.75) is 36.0 Å². The number of hydrogen-bond acceptors (Lipinski definition) is 4. The van der Waals surface area contributed by atoms with Crippen molar-refractivity contribution in [3.63, 3.8) is 0 Å². The molecule has 206 valence electrons. The fourth-order valence-electron chi connectivity index (χ4n) is 5.93. The van der Waals surface area contributed by atoms with Crippen LogP contribution in [0.5, 0.6) is 0 Å². The quantitative estimate of drug-likeness (QED) is 0.295. The van der Waals surface area contributed by atoms with Gasteiger partial charge in [-0.15, -0.1) is 0 Å². The van der Waals surface area contributed by atoms with E-state index in [1.54, 1.807) is 34.8 Å². The van der Waals surface area contributed by atoms with Crippen LogP contribution in [-0.2, 0) is 10.0 Å². The van der Waals surface area contributed by atoms with E-state index >= 15 is 0 Å². The summed E-state index contributed by atoms with van der Waals surface area (Å²) in [5.74, 6) is 0.270. The highest BCUT2D eigenvalue weighted by Crippen LogP contribution is 2.36. The van der Waals surface area contributed by atoms with Gasteiger partial charge in [0, 0.05) is 43.0 Å². The molecule has 40 heavy (non-hydrogen) atoms. The summed E-state index contributed by atoms with van der Waals surface area (Å²) in [5, 5.41) is 5.29. The van der Waals surface area contributed by atoms with E-state index in [1.165, 1.54) is 5.56 Å². The summed E-state index contributed by atoms with van der Waals surface area (Å²) >= 11 is 6.15. The second-order valence-electron chi connectivity index (χ2n) is 10.5. The summed E-state index contributed by atoms with van der Waals surface area (Å²) in [7, 11) is -3.57. The third-order valence-corrected chi connectivity index (χ3v) is 10.2. The van der Waals surface area contributed by atoms with Crippen molar-refractivity contribution in [3.05, 3.63) is 113 Å². The molecule has 1 amide bonds. The molecule has 0 aliphatic carbocycles. The molecule has 2 saturated heterocycles. The lowest BCUT2D eigenvalue weighted by Gasteiger charge is -2.32. The zero-order valence-corrected chi connectivity index (χ0v) is 23.6. The molecule has 0 N–H and O–H groups in total. The number of amides is 1. The van der Waals surface area contributed by atoms with Gasteiger partial charge in [-0.3, -0.25) is 4.79 Å². The maximum absolute atomic E-state index is 13.9. The van der Waals surface area contributed by atoms with Crippen LogP contribution in [0.25, 0.3) is 5.69 Å². The Morgan fingerprint density at radius 3 is 2.10 bits per heavy atom. The van der Waals surface area contributed by atoms with Gasteiger partial charge in [0.15, 0.2) is 0 Å². The van der Waals surface area contributed by atoms with Gasteiger partial charge in [0.05, 0.1) is 28.0 Å². The molecule has 1 aromatic heterocycles. The van der Waals surface area contributed by atoms with E-state index in [0.29, 0.717) is 60.4 Å². The molecule has 3 heterocycles. The largest absolute Gasteiger partial charge is 0.338 e. The Morgan fingerprint density at radius 1 is 0.800 bits per heavy atom. The predicted molar refractivity (Wildman–Crippen MR) is 155 cm³/mol.